The van der Waals surface area contributed by atoms with Crippen LogP contribution >= 0.6 is 0 Å². The van der Waals surface area contributed by atoms with Gasteiger partial charge in [-0.15, -0.1) is 0 Å². The normalized spacial score (nSPS) is 11.2. The summed E-state index contributed by atoms with van der Waals surface area (Å²) in [6, 6.07) is 5.57. The molecule has 2 aromatic rings. The summed E-state index contributed by atoms with van der Waals surface area (Å²) in [4.78, 5) is 14.5. The third kappa shape index (κ3) is 6.34. The number of hydrogen-bond acceptors (Lipinski definition) is 3. The van der Waals surface area contributed by atoms with Crippen LogP contribution in [-0.2, 0) is 7.05 Å². The third-order valence-corrected chi connectivity index (χ3v) is 5.27. The highest BCUT2D eigenvalue weighted by Gasteiger charge is 2.20. The Bertz CT molecular complexity index is 1110. The number of nitrogens with zero attached hydrogens (tertiary/aromatic N) is 2. The number of rotatable bonds is 8. The van der Waals surface area contributed by atoms with Crippen molar-refractivity contribution in [3.05, 3.63) is 69.2 Å². The first-order chi connectivity index (χ1) is 15.5. The molecule has 0 bridgehead atoms. The molecule has 4 nitrogen and oxygen atoms in total. The van der Waals surface area contributed by atoms with Gasteiger partial charge in [0.2, 0.25) is 0 Å². The van der Waals surface area contributed by atoms with Crippen LogP contribution in [0.4, 0.5) is 14.5 Å². The van der Waals surface area contributed by atoms with Gasteiger partial charge in [-0.3, -0.25) is 4.79 Å². The summed E-state index contributed by atoms with van der Waals surface area (Å²) in [7, 11) is 3.29. The fourth-order valence-corrected chi connectivity index (χ4v) is 3.62. The molecule has 6 heteroatoms. The highest BCUT2D eigenvalue weighted by Crippen LogP contribution is 2.35. The first kappa shape index (κ1) is 28.1. The first-order valence-corrected chi connectivity index (χ1v) is 11.3. The second-order valence-electron chi connectivity index (χ2n) is 7.99. The van der Waals surface area contributed by atoms with Crippen molar-refractivity contribution in [2.24, 2.45) is 7.05 Å². The zero-order valence-electron chi connectivity index (χ0n) is 21.5. The number of anilines is 1. The lowest BCUT2D eigenvalue weighted by molar-refractivity contribution is 0.192. The van der Waals surface area contributed by atoms with Gasteiger partial charge in [0.1, 0.15) is 5.75 Å². The van der Waals surface area contributed by atoms with E-state index < -0.39 is 6.43 Å². The average molecular weight is 461 g/mol. The minimum Gasteiger partial charge on any atom is -0.497 e. The molecular formula is C27H38F2N2O2. The number of halogens is 2. The monoisotopic (exact) mass is 460 g/mol. The van der Waals surface area contributed by atoms with Crippen LogP contribution in [0, 0.1) is 6.92 Å². The standard InChI is InChI=1S/C25H32F2N2O2.C2H6/c1-9-10-29(21(16(4)5)14-19(15(2)3)24(26)27)23-13-18(31-8)12-22-20(23)11-17(6)25(30)28(22)7;1-2/h11-14,24H,2,9-10H2,1,3-8H3;1-2H3/b19-14+;. The molecule has 182 valence electrons. The van der Waals surface area contributed by atoms with Crippen LogP contribution in [0.5, 0.6) is 5.75 Å². The molecule has 0 saturated heterocycles. The van der Waals surface area contributed by atoms with E-state index in [-0.39, 0.29) is 11.1 Å². The molecule has 0 fully saturated rings. The van der Waals surface area contributed by atoms with Crippen molar-refractivity contribution in [1.29, 1.82) is 0 Å². The fraction of sp³-hybridized carbons (Fsp3) is 0.444. The number of fused-ring (bicyclic) bond motifs is 1. The number of aryl methyl sites for hydroxylation is 2. The quantitative estimate of drug-likeness (QED) is 0.392. The molecule has 33 heavy (non-hydrogen) atoms. The van der Waals surface area contributed by atoms with Gasteiger partial charge in [-0.05, 0) is 51.8 Å². The Kier molecular flexibility index (Phi) is 10.6. The molecule has 0 amide bonds. The molecule has 0 N–H and O–H groups in total. The van der Waals surface area contributed by atoms with E-state index in [2.05, 4.69) is 6.58 Å². The molecule has 2 rings (SSSR count). The average Bonchev–Trinajstić information content (AvgIpc) is 2.77. The topological polar surface area (TPSA) is 34.5 Å². The van der Waals surface area contributed by atoms with E-state index in [9.17, 15) is 13.6 Å². The van der Waals surface area contributed by atoms with Gasteiger partial charge < -0.3 is 14.2 Å². The summed E-state index contributed by atoms with van der Waals surface area (Å²) < 4.78 is 34.5. The van der Waals surface area contributed by atoms with Crippen LogP contribution in [0.1, 0.15) is 53.5 Å². The zero-order chi connectivity index (χ0) is 25.5. The van der Waals surface area contributed by atoms with E-state index >= 15 is 0 Å². The van der Waals surface area contributed by atoms with Gasteiger partial charge in [0.05, 0.1) is 18.3 Å². The molecule has 0 aliphatic heterocycles. The second-order valence-corrected chi connectivity index (χ2v) is 7.99. The van der Waals surface area contributed by atoms with Crippen LogP contribution in [-0.4, -0.2) is 24.6 Å². The molecule has 0 atom stereocenters. The van der Waals surface area contributed by atoms with E-state index in [1.807, 2.05) is 57.7 Å². The molecule has 0 radical (unpaired) electrons. The van der Waals surface area contributed by atoms with E-state index in [4.69, 9.17) is 4.74 Å². The minimum absolute atomic E-state index is 0.0849. The van der Waals surface area contributed by atoms with Crippen LogP contribution in [0.25, 0.3) is 10.9 Å². The number of aromatic nitrogens is 1. The van der Waals surface area contributed by atoms with Crippen molar-refractivity contribution in [3.63, 3.8) is 0 Å². The maximum absolute atomic E-state index is 13.7. The minimum atomic E-state index is -2.62. The van der Waals surface area contributed by atoms with Gasteiger partial charge in [0.25, 0.3) is 12.0 Å². The summed E-state index contributed by atoms with van der Waals surface area (Å²) in [6.07, 6.45) is -0.302. The lowest BCUT2D eigenvalue weighted by Crippen LogP contribution is -2.26. The van der Waals surface area contributed by atoms with Crippen LogP contribution < -0.4 is 15.2 Å². The number of benzene rings is 1. The summed E-state index contributed by atoms with van der Waals surface area (Å²) in [5.41, 5.74) is 3.87. The predicted molar refractivity (Wildman–Crippen MR) is 137 cm³/mol. The molecule has 0 spiro atoms. The van der Waals surface area contributed by atoms with Gasteiger partial charge >= 0.3 is 0 Å². The Morgan fingerprint density at radius 2 is 1.82 bits per heavy atom. The maximum Gasteiger partial charge on any atom is 0.264 e. The smallest absolute Gasteiger partial charge is 0.264 e. The van der Waals surface area contributed by atoms with Crippen molar-refractivity contribution < 1.29 is 13.5 Å². The molecule has 1 aromatic heterocycles. The molecule has 0 aliphatic carbocycles. The molecular weight excluding hydrogens is 422 g/mol. The first-order valence-electron chi connectivity index (χ1n) is 11.3. The molecule has 0 unspecified atom stereocenters. The second kappa shape index (κ2) is 12.4. The Morgan fingerprint density at radius 1 is 1.21 bits per heavy atom. The number of alkyl halides is 2. The number of hydrogen-bond donors (Lipinski definition) is 0. The van der Waals surface area contributed by atoms with Gasteiger partial charge in [-0.25, -0.2) is 8.78 Å². The Morgan fingerprint density at radius 3 is 2.27 bits per heavy atom. The fourth-order valence-electron chi connectivity index (χ4n) is 3.62. The van der Waals surface area contributed by atoms with E-state index in [0.717, 1.165) is 28.6 Å². The van der Waals surface area contributed by atoms with Crippen LogP contribution in [0.2, 0.25) is 0 Å². The van der Waals surface area contributed by atoms with Gasteiger partial charge in [0, 0.05) is 47.9 Å². The van der Waals surface area contributed by atoms with Gasteiger partial charge in [-0.1, -0.05) is 32.9 Å². The number of ether oxygens (including phenoxy) is 1. The van der Waals surface area contributed by atoms with Crippen LogP contribution in [0.3, 0.4) is 0 Å². The van der Waals surface area contributed by atoms with Crippen molar-refractivity contribution in [3.8, 4) is 5.75 Å². The molecule has 1 heterocycles. The van der Waals surface area contributed by atoms with Crippen molar-refractivity contribution in [1.82, 2.24) is 4.57 Å². The van der Waals surface area contributed by atoms with Crippen molar-refractivity contribution >= 4 is 16.6 Å². The summed E-state index contributed by atoms with van der Waals surface area (Å²) in [5, 5.41) is 0.856. The van der Waals surface area contributed by atoms with E-state index in [1.54, 1.807) is 32.6 Å². The number of methoxy groups -OCH3 is 1. The zero-order valence-corrected chi connectivity index (χ0v) is 21.5. The number of allylic oxidation sites excluding steroid dienone is 4. The summed E-state index contributed by atoms with van der Waals surface area (Å²) in [6.45, 7) is 17.5. The summed E-state index contributed by atoms with van der Waals surface area (Å²) in [5.74, 6) is 0.591. The SMILES string of the molecule is C=C(C)/C(=C\C(=C(C)C)N(CCC)c1cc(OC)cc2c1cc(C)c(=O)n2C)C(F)F.CC. The Hall–Kier alpha value is -2.89. The summed E-state index contributed by atoms with van der Waals surface area (Å²) >= 11 is 0. The molecule has 1 aromatic carbocycles. The highest BCUT2D eigenvalue weighted by molar-refractivity contribution is 5.95. The largest absolute Gasteiger partial charge is 0.497 e. The Labute approximate surface area is 196 Å². The van der Waals surface area contributed by atoms with Crippen molar-refractivity contribution in [2.75, 3.05) is 18.6 Å². The van der Waals surface area contributed by atoms with Gasteiger partial charge in [-0.2, -0.15) is 0 Å². The highest BCUT2D eigenvalue weighted by atomic mass is 19.3. The van der Waals surface area contributed by atoms with Crippen molar-refractivity contribution in [2.45, 2.75) is 61.3 Å². The Balaban J connectivity index is 0.00000265. The van der Waals surface area contributed by atoms with E-state index in [0.29, 0.717) is 29.1 Å². The number of pyridine rings is 1. The molecule has 0 aliphatic rings. The lowest BCUT2D eigenvalue weighted by Gasteiger charge is -2.30. The van der Waals surface area contributed by atoms with Crippen LogP contribution in [0.15, 0.2) is 58.1 Å². The third-order valence-electron chi connectivity index (χ3n) is 5.27. The lowest BCUT2D eigenvalue weighted by atomic mass is 10.0. The maximum atomic E-state index is 13.7. The predicted octanol–water partition coefficient (Wildman–Crippen LogP) is 7.16. The van der Waals surface area contributed by atoms with E-state index in [1.165, 1.54) is 6.08 Å². The molecule has 0 saturated carbocycles. The van der Waals surface area contributed by atoms with Gasteiger partial charge in [0.15, 0.2) is 0 Å².